The van der Waals surface area contributed by atoms with Gasteiger partial charge in [-0.3, -0.25) is 0 Å². The van der Waals surface area contributed by atoms with E-state index < -0.39 is 76.7 Å². The van der Waals surface area contributed by atoms with Gasteiger partial charge in [0.2, 0.25) is 5.82 Å². The molecular formula is C19H16F9P. The van der Waals surface area contributed by atoms with Gasteiger partial charge in [-0.05, 0) is 18.7 Å². The van der Waals surface area contributed by atoms with Gasteiger partial charge in [-0.2, -0.15) is 0 Å². The summed E-state index contributed by atoms with van der Waals surface area (Å²) in [5.41, 5.74) is -3.32. The summed E-state index contributed by atoms with van der Waals surface area (Å²) in [5, 5.41) is -0.928. The van der Waals surface area contributed by atoms with Crippen molar-refractivity contribution in [2.45, 2.75) is 26.7 Å². The zero-order valence-electron chi connectivity index (χ0n) is 15.5. The van der Waals surface area contributed by atoms with Crippen molar-refractivity contribution in [3.8, 4) is 11.1 Å². The molecule has 0 heterocycles. The topological polar surface area (TPSA) is 0 Å². The zero-order valence-corrected chi connectivity index (χ0v) is 16.4. The largest absolute Gasteiger partial charge is 0.203 e. The van der Waals surface area contributed by atoms with Gasteiger partial charge >= 0.3 is 0 Å². The first kappa shape index (κ1) is 23.5. The summed E-state index contributed by atoms with van der Waals surface area (Å²) in [5.74, 6) is -21.1. The summed E-state index contributed by atoms with van der Waals surface area (Å²) in [6.07, 6.45) is 1.49. The van der Waals surface area contributed by atoms with E-state index in [9.17, 15) is 39.5 Å². The first-order valence-electron chi connectivity index (χ1n) is 8.54. The molecule has 2 aromatic rings. The summed E-state index contributed by atoms with van der Waals surface area (Å²) in [6, 6.07) is 0. The highest BCUT2D eigenvalue weighted by molar-refractivity contribution is 7.65. The van der Waals surface area contributed by atoms with E-state index >= 15 is 0 Å². The molecule has 2 rings (SSSR count). The van der Waals surface area contributed by atoms with Gasteiger partial charge in [-0.15, -0.1) is 0 Å². The molecule has 0 fully saturated rings. The van der Waals surface area contributed by atoms with Crippen molar-refractivity contribution < 1.29 is 39.5 Å². The SMILES string of the molecule is CCCC(C)CP(C)c1c(F)c(F)c(F)c(F)c1-c1c(F)c(F)c(F)c(F)c1F. The molecule has 0 aliphatic rings. The van der Waals surface area contributed by atoms with Crippen LogP contribution >= 0.6 is 7.92 Å². The standard InChI is InChI=1S/C19H16F9P/c1-4-5-7(2)6-29(3)19-9(12(22)15(25)17(27)18(19)28)8-10(20)13(23)16(26)14(24)11(8)21/h7H,4-6H2,1-3H3. The summed E-state index contributed by atoms with van der Waals surface area (Å²) >= 11 is 0. The van der Waals surface area contributed by atoms with E-state index in [2.05, 4.69) is 0 Å². The Labute approximate surface area is 162 Å². The maximum Gasteiger partial charge on any atom is 0.200 e. The maximum atomic E-state index is 14.5. The molecule has 0 saturated heterocycles. The number of hydrogen-bond donors (Lipinski definition) is 0. The van der Waals surface area contributed by atoms with E-state index in [0.717, 1.165) is 6.42 Å². The molecule has 0 nitrogen and oxygen atoms in total. The highest BCUT2D eigenvalue weighted by atomic mass is 31.1. The minimum atomic E-state index is -2.51. The van der Waals surface area contributed by atoms with Crippen molar-refractivity contribution in [3.63, 3.8) is 0 Å². The maximum absolute atomic E-state index is 14.5. The molecule has 29 heavy (non-hydrogen) atoms. The van der Waals surface area contributed by atoms with Gasteiger partial charge in [0.25, 0.3) is 0 Å². The van der Waals surface area contributed by atoms with Crippen molar-refractivity contribution in [3.05, 3.63) is 52.4 Å². The summed E-state index contributed by atoms with van der Waals surface area (Å²) in [7, 11) is -1.88. The third kappa shape index (κ3) is 4.11. The smallest absolute Gasteiger partial charge is 0.200 e. The number of hydrogen-bond acceptors (Lipinski definition) is 0. The third-order valence-electron chi connectivity index (χ3n) is 4.45. The minimum Gasteiger partial charge on any atom is -0.203 e. The van der Waals surface area contributed by atoms with Crippen LogP contribution in [0.2, 0.25) is 0 Å². The summed E-state index contributed by atoms with van der Waals surface area (Å²) in [6.45, 7) is 4.92. The van der Waals surface area contributed by atoms with Gasteiger partial charge in [0.05, 0.1) is 5.56 Å². The Balaban J connectivity index is 2.90. The first-order valence-corrected chi connectivity index (χ1v) is 10.5. The molecule has 2 atom stereocenters. The van der Waals surface area contributed by atoms with Crippen molar-refractivity contribution in [2.24, 2.45) is 5.92 Å². The molecular weight excluding hydrogens is 430 g/mol. The van der Waals surface area contributed by atoms with Crippen molar-refractivity contribution in [1.82, 2.24) is 0 Å². The highest BCUT2D eigenvalue weighted by Crippen LogP contribution is 2.43. The Morgan fingerprint density at radius 2 is 1.00 bits per heavy atom. The number of halogens is 9. The molecule has 2 aromatic carbocycles. The van der Waals surface area contributed by atoms with Gasteiger partial charge in [-0.25, -0.2) is 39.5 Å². The van der Waals surface area contributed by atoms with Gasteiger partial charge < -0.3 is 0 Å². The second-order valence-electron chi connectivity index (χ2n) is 6.70. The number of benzene rings is 2. The molecule has 0 spiro atoms. The Morgan fingerprint density at radius 3 is 1.45 bits per heavy atom. The Hall–Kier alpha value is -1.76. The molecule has 10 heteroatoms. The van der Waals surface area contributed by atoms with E-state index in [0.29, 0.717) is 6.42 Å². The van der Waals surface area contributed by atoms with Crippen LogP contribution in [0.15, 0.2) is 0 Å². The lowest BCUT2D eigenvalue weighted by Gasteiger charge is -2.23. The Morgan fingerprint density at radius 1 is 0.621 bits per heavy atom. The predicted octanol–water partition coefficient (Wildman–Crippen LogP) is 6.78. The van der Waals surface area contributed by atoms with Crippen molar-refractivity contribution in [1.29, 1.82) is 0 Å². The van der Waals surface area contributed by atoms with E-state index in [1.807, 2.05) is 6.92 Å². The number of rotatable bonds is 6. The highest BCUT2D eigenvalue weighted by Gasteiger charge is 2.35. The lowest BCUT2D eigenvalue weighted by molar-refractivity contribution is 0.379. The van der Waals surface area contributed by atoms with Crippen LogP contribution in [-0.2, 0) is 0 Å². The van der Waals surface area contributed by atoms with Crippen LogP contribution in [0.1, 0.15) is 26.7 Å². The Bertz CT molecular complexity index is 913. The molecule has 2 unspecified atom stereocenters. The second kappa shape index (κ2) is 8.94. The molecule has 0 amide bonds. The van der Waals surface area contributed by atoms with Crippen LogP contribution in [0.3, 0.4) is 0 Å². The second-order valence-corrected chi connectivity index (χ2v) is 8.91. The third-order valence-corrected chi connectivity index (χ3v) is 6.81. The quantitative estimate of drug-likeness (QED) is 0.199. The van der Waals surface area contributed by atoms with Crippen LogP contribution in [0.25, 0.3) is 11.1 Å². The molecule has 160 valence electrons. The normalized spacial score (nSPS) is 13.7. The fourth-order valence-electron chi connectivity index (χ4n) is 3.17. The van der Waals surface area contributed by atoms with Gasteiger partial charge in [0.15, 0.2) is 46.5 Å². The fourth-order valence-corrected chi connectivity index (χ4v) is 5.50. The monoisotopic (exact) mass is 446 g/mol. The van der Waals surface area contributed by atoms with Gasteiger partial charge in [-0.1, -0.05) is 34.6 Å². The lowest BCUT2D eigenvalue weighted by atomic mass is 10.0. The van der Waals surface area contributed by atoms with Crippen molar-refractivity contribution in [2.75, 3.05) is 12.8 Å². The first-order chi connectivity index (χ1) is 13.4. The predicted molar refractivity (Wildman–Crippen MR) is 92.9 cm³/mol. The van der Waals surface area contributed by atoms with Gasteiger partial charge in [0.1, 0.15) is 0 Å². The summed E-state index contributed by atoms with van der Waals surface area (Å²) in [4.78, 5) is 0. The van der Waals surface area contributed by atoms with E-state index in [1.54, 1.807) is 6.92 Å². The zero-order chi connectivity index (χ0) is 22.2. The molecule has 0 aromatic heterocycles. The molecule has 0 bridgehead atoms. The van der Waals surface area contributed by atoms with Crippen LogP contribution in [0.5, 0.6) is 0 Å². The molecule has 0 radical (unpaired) electrons. The van der Waals surface area contributed by atoms with Crippen LogP contribution in [0.4, 0.5) is 39.5 Å². The van der Waals surface area contributed by atoms with Crippen molar-refractivity contribution >= 4 is 13.2 Å². The van der Waals surface area contributed by atoms with E-state index in [-0.39, 0.29) is 12.1 Å². The molecule has 0 aliphatic heterocycles. The average Bonchev–Trinajstić information content (AvgIpc) is 2.67. The van der Waals surface area contributed by atoms with Crippen LogP contribution in [-0.4, -0.2) is 12.8 Å². The van der Waals surface area contributed by atoms with Crippen LogP contribution in [0, 0.1) is 58.3 Å². The molecule has 0 aliphatic carbocycles. The fraction of sp³-hybridized carbons (Fsp3) is 0.368. The lowest BCUT2D eigenvalue weighted by Crippen LogP contribution is -2.22. The summed E-state index contributed by atoms with van der Waals surface area (Å²) < 4.78 is 126. The average molecular weight is 446 g/mol. The Kier molecular flexibility index (Phi) is 7.25. The van der Waals surface area contributed by atoms with E-state index in [1.165, 1.54) is 6.66 Å². The van der Waals surface area contributed by atoms with E-state index in [4.69, 9.17) is 0 Å². The molecule has 0 saturated carbocycles. The molecule has 0 N–H and O–H groups in total. The van der Waals surface area contributed by atoms with Gasteiger partial charge in [0, 0.05) is 10.9 Å². The minimum absolute atomic E-state index is 0.101. The van der Waals surface area contributed by atoms with Crippen LogP contribution < -0.4 is 5.30 Å².